The van der Waals surface area contributed by atoms with Gasteiger partial charge in [0.2, 0.25) is 0 Å². The summed E-state index contributed by atoms with van der Waals surface area (Å²) in [5, 5.41) is 2.95. The van der Waals surface area contributed by atoms with Crippen molar-refractivity contribution >= 4 is 17.9 Å². The molecule has 0 unspecified atom stereocenters. The molecule has 0 radical (unpaired) electrons. The Balaban J connectivity index is 2.36. The van der Waals surface area contributed by atoms with Crippen molar-refractivity contribution in [2.75, 3.05) is 6.61 Å². The van der Waals surface area contributed by atoms with Crippen molar-refractivity contribution < 1.29 is 14.3 Å². The Hall–Kier alpha value is -2.76. The third kappa shape index (κ3) is 3.22. The number of rotatable bonds is 6. The Bertz CT molecular complexity index is 676. The number of nitroso groups, excluding NO2 is 1. The summed E-state index contributed by atoms with van der Waals surface area (Å²) in [6, 6.07) is 7.92. The molecule has 1 heterocycles. The molecule has 21 heavy (non-hydrogen) atoms. The number of nitrogens with zero attached hydrogens (tertiary/aromatic N) is 2. The fraction of sp³-hybridized carbons (Fsp3) is 0.200. The third-order valence-electron chi connectivity index (χ3n) is 3.02. The van der Waals surface area contributed by atoms with Gasteiger partial charge in [-0.15, -0.1) is 4.91 Å². The number of aromatic nitrogens is 1. The van der Waals surface area contributed by atoms with Crippen LogP contribution >= 0.6 is 0 Å². The number of hydrogen-bond acceptors (Lipinski definition) is 5. The predicted octanol–water partition coefficient (Wildman–Crippen LogP) is 2.92. The summed E-state index contributed by atoms with van der Waals surface area (Å²) in [6.45, 7) is 2.26. The van der Waals surface area contributed by atoms with Crippen molar-refractivity contribution in [1.29, 1.82) is 0 Å². The van der Waals surface area contributed by atoms with Crippen LogP contribution in [0.25, 0.3) is 0 Å². The van der Waals surface area contributed by atoms with Crippen molar-refractivity contribution in [3.8, 4) is 0 Å². The lowest BCUT2D eigenvalue weighted by Gasteiger charge is -2.09. The number of benzene rings is 1. The molecule has 0 fully saturated rings. The van der Waals surface area contributed by atoms with Crippen LogP contribution < -0.4 is 0 Å². The zero-order chi connectivity index (χ0) is 15.2. The van der Waals surface area contributed by atoms with Crippen LogP contribution in [0.4, 0.5) is 5.69 Å². The number of aldehydes is 1. The molecule has 0 aliphatic rings. The van der Waals surface area contributed by atoms with Gasteiger partial charge in [-0.05, 0) is 42.4 Å². The first-order valence-corrected chi connectivity index (χ1v) is 6.43. The first-order chi connectivity index (χ1) is 10.2. The van der Waals surface area contributed by atoms with Gasteiger partial charge in [-0.2, -0.15) is 0 Å². The molecule has 0 spiro atoms. The Labute approximate surface area is 121 Å². The van der Waals surface area contributed by atoms with Crippen LogP contribution in [0.1, 0.15) is 33.3 Å². The minimum Gasteiger partial charge on any atom is -0.462 e. The molecule has 2 rings (SSSR count). The van der Waals surface area contributed by atoms with E-state index < -0.39 is 5.97 Å². The van der Waals surface area contributed by atoms with E-state index in [0.29, 0.717) is 16.8 Å². The van der Waals surface area contributed by atoms with Crippen LogP contribution in [-0.2, 0) is 11.3 Å². The van der Waals surface area contributed by atoms with Crippen molar-refractivity contribution in [1.82, 2.24) is 4.57 Å². The van der Waals surface area contributed by atoms with E-state index in [1.807, 2.05) is 0 Å². The number of carbonyl (C=O) groups is 2. The Morgan fingerprint density at radius 2 is 2.19 bits per heavy atom. The van der Waals surface area contributed by atoms with Crippen LogP contribution in [0, 0.1) is 4.91 Å². The Morgan fingerprint density at radius 3 is 2.86 bits per heavy atom. The van der Waals surface area contributed by atoms with Gasteiger partial charge in [-0.1, -0.05) is 0 Å². The van der Waals surface area contributed by atoms with E-state index in [2.05, 4.69) is 5.18 Å². The Kier molecular flexibility index (Phi) is 4.61. The highest BCUT2D eigenvalue weighted by atomic mass is 16.5. The zero-order valence-electron chi connectivity index (χ0n) is 11.5. The van der Waals surface area contributed by atoms with E-state index in [-0.39, 0.29) is 18.8 Å². The summed E-state index contributed by atoms with van der Waals surface area (Å²) < 4.78 is 6.60. The molecule has 1 aromatic heterocycles. The first-order valence-electron chi connectivity index (χ1n) is 6.43. The molecule has 0 amide bonds. The largest absolute Gasteiger partial charge is 0.462 e. The highest BCUT2D eigenvalue weighted by Crippen LogP contribution is 2.22. The highest BCUT2D eigenvalue weighted by molar-refractivity contribution is 5.90. The second-order valence-corrected chi connectivity index (χ2v) is 4.33. The first kappa shape index (κ1) is 14.6. The topological polar surface area (TPSA) is 77.7 Å². The molecule has 0 atom stereocenters. The molecule has 0 saturated heterocycles. The van der Waals surface area contributed by atoms with Gasteiger partial charge in [0, 0.05) is 18.3 Å². The van der Waals surface area contributed by atoms with Crippen molar-refractivity contribution in [2.24, 2.45) is 5.18 Å². The zero-order valence-corrected chi connectivity index (χ0v) is 11.5. The number of esters is 1. The Morgan fingerprint density at radius 1 is 1.38 bits per heavy atom. The highest BCUT2D eigenvalue weighted by Gasteiger charge is 2.12. The molecular weight excluding hydrogens is 272 g/mol. The molecule has 6 heteroatoms. The summed E-state index contributed by atoms with van der Waals surface area (Å²) in [4.78, 5) is 33.5. The number of carbonyl (C=O) groups excluding carboxylic acids is 2. The molecule has 0 N–H and O–H groups in total. The van der Waals surface area contributed by atoms with Crippen molar-refractivity contribution in [2.45, 2.75) is 13.5 Å². The second-order valence-electron chi connectivity index (χ2n) is 4.33. The van der Waals surface area contributed by atoms with Crippen LogP contribution in [0.5, 0.6) is 0 Å². The molecule has 0 saturated carbocycles. The summed E-state index contributed by atoms with van der Waals surface area (Å²) in [5.41, 5.74) is 1.61. The van der Waals surface area contributed by atoms with Gasteiger partial charge in [-0.3, -0.25) is 4.79 Å². The summed E-state index contributed by atoms with van der Waals surface area (Å²) in [6.07, 6.45) is 2.44. The van der Waals surface area contributed by atoms with Gasteiger partial charge in [0.25, 0.3) is 0 Å². The predicted molar refractivity (Wildman–Crippen MR) is 76.8 cm³/mol. The average molecular weight is 286 g/mol. The molecule has 0 aliphatic heterocycles. The fourth-order valence-corrected chi connectivity index (χ4v) is 2.00. The quantitative estimate of drug-likeness (QED) is 0.464. The molecule has 0 aliphatic carbocycles. The van der Waals surface area contributed by atoms with E-state index in [0.717, 1.165) is 6.29 Å². The van der Waals surface area contributed by atoms with Crippen molar-refractivity contribution in [3.63, 3.8) is 0 Å². The van der Waals surface area contributed by atoms with Gasteiger partial charge in [-0.25, -0.2) is 4.79 Å². The molecule has 108 valence electrons. The normalized spacial score (nSPS) is 10.1. The molecular formula is C15H14N2O4. The monoisotopic (exact) mass is 286 g/mol. The number of ether oxygens (including phenoxy) is 1. The minimum atomic E-state index is -0.459. The molecule has 0 bridgehead atoms. The maximum atomic E-state index is 11.7. The van der Waals surface area contributed by atoms with Gasteiger partial charge in [0.15, 0.2) is 6.29 Å². The summed E-state index contributed by atoms with van der Waals surface area (Å²) >= 11 is 0. The number of hydrogen-bond donors (Lipinski definition) is 0. The van der Waals surface area contributed by atoms with Crippen molar-refractivity contribution in [3.05, 3.63) is 58.3 Å². The van der Waals surface area contributed by atoms with E-state index in [1.54, 1.807) is 35.9 Å². The van der Waals surface area contributed by atoms with Gasteiger partial charge < -0.3 is 9.30 Å². The average Bonchev–Trinajstić information content (AvgIpc) is 2.94. The lowest BCUT2D eigenvalue weighted by atomic mass is 10.1. The fourth-order valence-electron chi connectivity index (χ4n) is 2.00. The minimum absolute atomic E-state index is 0.230. The SMILES string of the molecule is CCOC(=O)c1ccc(N=O)c(Cn2cccc2C=O)c1. The lowest BCUT2D eigenvalue weighted by Crippen LogP contribution is -2.07. The smallest absolute Gasteiger partial charge is 0.338 e. The van der Waals surface area contributed by atoms with Crippen LogP contribution in [0.15, 0.2) is 41.7 Å². The maximum Gasteiger partial charge on any atom is 0.338 e. The van der Waals surface area contributed by atoms with E-state index in [1.165, 1.54) is 12.1 Å². The van der Waals surface area contributed by atoms with E-state index in [9.17, 15) is 14.5 Å². The molecule has 1 aromatic carbocycles. The van der Waals surface area contributed by atoms with E-state index in [4.69, 9.17) is 4.74 Å². The van der Waals surface area contributed by atoms with Crippen LogP contribution in [0.2, 0.25) is 0 Å². The summed E-state index contributed by atoms with van der Waals surface area (Å²) in [5.74, 6) is -0.459. The van der Waals surface area contributed by atoms with E-state index >= 15 is 0 Å². The van der Waals surface area contributed by atoms with Gasteiger partial charge >= 0.3 is 5.97 Å². The third-order valence-corrected chi connectivity index (χ3v) is 3.02. The van der Waals surface area contributed by atoms with Gasteiger partial charge in [0.1, 0.15) is 5.69 Å². The summed E-state index contributed by atoms with van der Waals surface area (Å²) in [7, 11) is 0. The van der Waals surface area contributed by atoms with Crippen LogP contribution in [0.3, 0.4) is 0 Å². The van der Waals surface area contributed by atoms with Gasteiger partial charge in [0.05, 0.1) is 17.9 Å². The second kappa shape index (κ2) is 6.60. The lowest BCUT2D eigenvalue weighted by molar-refractivity contribution is 0.0526. The maximum absolute atomic E-state index is 11.7. The molecule has 6 nitrogen and oxygen atoms in total. The van der Waals surface area contributed by atoms with Crippen LogP contribution in [-0.4, -0.2) is 23.4 Å². The molecule has 2 aromatic rings. The standard InChI is InChI=1S/C15H14N2O4/c1-2-21-15(19)11-5-6-14(16-20)12(8-11)9-17-7-3-4-13(17)10-18/h3-8,10H,2,9H2,1H3.